The van der Waals surface area contributed by atoms with Crippen molar-refractivity contribution in [3.05, 3.63) is 24.2 Å². The van der Waals surface area contributed by atoms with Crippen LogP contribution in [-0.4, -0.2) is 43.4 Å². The van der Waals surface area contributed by atoms with Crippen LogP contribution < -0.4 is 0 Å². The zero-order valence-corrected chi connectivity index (χ0v) is 8.48. The fourth-order valence-corrected chi connectivity index (χ4v) is 1.27. The lowest BCUT2D eigenvalue weighted by Gasteiger charge is -2.19. The van der Waals surface area contributed by atoms with Gasteiger partial charge in [0.1, 0.15) is 0 Å². The van der Waals surface area contributed by atoms with Crippen molar-refractivity contribution >= 4 is 0 Å². The summed E-state index contributed by atoms with van der Waals surface area (Å²) in [5, 5.41) is 8.86. The smallest absolute Gasteiger partial charge is 0.0947 e. The second-order valence-electron chi connectivity index (χ2n) is 3.12. The van der Waals surface area contributed by atoms with Crippen molar-refractivity contribution in [3.8, 4) is 0 Å². The Morgan fingerprint density at radius 1 is 1.50 bits per heavy atom. The summed E-state index contributed by atoms with van der Waals surface area (Å²) < 4.78 is 9.97. The Labute approximate surface area is 84.1 Å². The lowest BCUT2D eigenvalue weighted by Crippen LogP contribution is -2.29. The number of hydrogen-bond donors (Lipinski definition) is 1. The van der Waals surface area contributed by atoms with Gasteiger partial charge in [-0.2, -0.15) is 0 Å². The van der Waals surface area contributed by atoms with Gasteiger partial charge in [0, 0.05) is 32.3 Å². The van der Waals surface area contributed by atoms with Crippen molar-refractivity contribution in [1.82, 2.24) is 4.90 Å². The maximum absolute atomic E-state index is 8.86. The number of aliphatic hydroxyl groups excluding tert-OH is 1. The molecule has 1 aromatic heterocycles. The van der Waals surface area contributed by atoms with Gasteiger partial charge in [-0.1, -0.05) is 0 Å². The van der Waals surface area contributed by atoms with Crippen molar-refractivity contribution in [3.63, 3.8) is 0 Å². The van der Waals surface area contributed by atoms with E-state index in [1.54, 1.807) is 19.6 Å². The highest BCUT2D eigenvalue weighted by Gasteiger charge is 2.05. The third kappa shape index (κ3) is 3.91. The van der Waals surface area contributed by atoms with E-state index < -0.39 is 0 Å². The zero-order chi connectivity index (χ0) is 10.2. The van der Waals surface area contributed by atoms with Gasteiger partial charge < -0.3 is 14.3 Å². The topological polar surface area (TPSA) is 45.8 Å². The second kappa shape index (κ2) is 6.59. The molecule has 80 valence electrons. The molecule has 4 heteroatoms. The van der Waals surface area contributed by atoms with E-state index in [1.807, 2.05) is 6.07 Å². The number of nitrogens with zero attached hydrogens (tertiary/aromatic N) is 1. The van der Waals surface area contributed by atoms with E-state index in [0.717, 1.165) is 18.7 Å². The first-order valence-electron chi connectivity index (χ1n) is 4.70. The molecule has 0 bridgehead atoms. The first kappa shape index (κ1) is 11.2. The molecular formula is C10H17NO3. The lowest BCUT2D eigenvalue weighted by atomic mass is 10.3. The second-order valence-corrected chi connectivity index (χ2v) is 3.12. The molecule has 0 atom stereocenters. The van der Waals surface area contributed by atoms with Gasteiger partial charge in [-0.3, -0.25) is 4.90 Å². The quantitative estimate of drug-likeness (QED) is 0.703. The van der Waals surface area contributed by atoms with Gasteiger partial charge >= 0.3 is 0 Å². The Kier molecular flexibility index (Phi) is 5.29. The minimum absolute atomic E-state index is 0.168. The van der Waals surface area contributed by atoms with Gasteiger partial charge in [-0.25, -0.2) is 0 Å². The van der Waals surface area contributed by atoms with E-state index in [0.29, 0.717) is 13.2 Å². The van der Waals surface area contributed by atoms with Gasteiger partial charge in [-0.15, -0.1) is 0 Å². The largest absolute Gasteiger partial charge is 0.472 e. The Hall–Kier alpha value is -0.840. The summed E-state index contributed by atoms with van der Waals surface area (Å²) >= 11 is 0. The highest BCUT2D eigenvalue weighted by molar-refractivity contribution is 5.04. The van der Waals surface area contributed by atoms with Crippen molar-refractivity contribution in [2.45, 2.75) is 6.54 Å². The molecule has 1 N–H and O–H groups in total. The number of furan rings is 1. The van der Waals surface area contributed by atoms with E-state index in [-0.39, 0.29) is 6.61 Å². The molecule has 0 saturated heterocycles. The van der Waals surface area contributed by atoms with E-state index in [4.69, 9.17) is 14.3 Å². The molecule has 0 aromatic carbocycles. The van der Waals surface area contributed by atoms with Crippen LogP contribution in [0.1, 0.15) is 5.56 Å². The molecule has 14 heavy (non-hydrogen) atoms. The molecule has 0 spiro atoms. The van der Waals surface area contributed by atoms with Crippen LogP contribution in [0.5, 0.6) is 0 Å². The van der Waals surface area contributed by atoms with Crippen molar-refractivity contribution in [2.75, 3.05) is 33.4 Å². The van der Waals surface area contributed by atoms with Crippen LogP contribution >= 0.6 is 0 Å². The lowest BCUT2D eigenvalue weighted by molar-refractivity contribution is 0.126. The Bertz CT molecular complexity index is 223. The number of aliphatic hydroxyl groups is 1. The molecule has 0 fully saturated rings. The van der Waals surface area contributed by atoms with Crippen LogP contribution in [0.25, 0.3) is 0 Å². The minimum atomic E-state index is 0.168. The fraction of sp³-hybridized carbons (Fsp3) is 0.600. The van der Waals surface area contributed by atoms with Gasteiger partial charge in [0.25, 0.3) is 0 Å². The molecule has 0 amide bonds. The summed E-state index contributed by atoms with van der Waals surface area (Å²) in [5.41, 5.74) is 1.12. The summed E-state index contributed by atoms with van der Waals surface area (Å²) in [5.74, 6) is 0. The Morgan fingerprint density at radius 3 is 2.93 bits per heavy atom. The number of methoxy groups -OCH3 is 1. The van der Waals surface area contributed by atoms with Gasteiger partial charge in [-0.05, 0) is 6.07 Å². The minimum Gasteiger partial charge on any atom is -0.472 e. The molecule has 0 aliphatic carbocycles. The third-order valence-corrected chi connectivity index (χ3v) is 2.01. The first-order valence-corrected chi connectivity index (χ1v) is 4.70. The van der Waals surface area contributed by atoms with Crippen LogP contribution in [0.15, 0.2) is 23.0 Å². The highest BCUT2D eigenvalue weighted by atomic mass is 16.5. The zero-order valence-electron chi connectivity index (χ0n) is 8.48. The molecule has 0 saturated carbocycles. The first-order chi connectivity index (χ1) is 6.86. The van der Waals surface area contributed by atoms with Crippen LogP contribution in [-0.2, 0) is 11.3 Å². The van der Waals surface area contributed by atoms with E-state index in [1.165, 1.54) is 0 Å². The van der Waals surface area contributed by atoms with Gasteiger partial charge in [0.15, 0.2) is 0 Å². The fourth-order valence-electron chi connectivity index (χ4n) is 1.27. The van der Waals surface area contributed by atoms with Crippen molar-refractivity contribution in [1.29, 1.82) is 0 Å². The summed E-state index contributed by atoms with van der Waals surface area (Å²) in [4.78, 5) is 2.12. The Morgan fingerprint density at radius 2 is 2.36 bits per heavy atom. The molecule has 0 aliphatic heterocycles. The van der Waals surface area contributed by atoms with Gasteiger partial charge in [0.2, 0.25) is 0 Å². The predicted molar refractivity (Wildman–Crippen MR) is 52.9 cm³/mol. The molecule has 0 radical (unpaired) electrons. The number of ether oxygens (including phenoxy) is 1. The molecule has 4 nitrogen and oxygen atoms in total. The average Bonchev–Trinajstić information content (AvgIpc) is 2.67. The average molecular weight is 199 g/mol. The van der Waals surface area contributed by atoms with E-state index >= 15 is 0 Å². The normalized spacial score (nSPS) is 11.1. The summed E-state index contributed by atoms with van der Waals surface area (Å²) in [7, 11) is 1.68. The SMILES string of the molecule is COCCN(CCO)Cc1ccoc1. The monoisotopic (exact) mass is 199 g/mol. The third-order valence-electron chi connectivity index (χ3n) is 2.01. The van der Waals surface area contributed by atoms with Crippen LogP contribution in [0.4, 0.5) is 0 Å². The highest BCUT2D eigenvalue weighted by Crippen LogP contribution is 2.04. The van der Waals surface area contributed by atoms with E-state index in [9.17, 15) is 0 Å². The Balaban J connectivity index is 2.34. The van der Waals surface area contributed by atoms with Crippen LogP contribution in [0, 0.1) is 0 Å². The number of rotatable bonds is 7. The molecule has 1 aromatic rings. The van der Waals surface area contributed by atoms with Crippen molar-refractivity contribution < 1.29 is 14.3 Å². The van der Waals surface area contributed by atoms with Crippen LogP contribution in [0.3, 0.4) is 0 Å². The van der Waals surface area contributed by atoms with Crippen LogP contribution in [0.2, 0.25) is 0 Å². The van der Waals surface area contributed by atoms with E-state index in [2.05, 4.69) is 4.90 Å². The molecule has 1 heterocycles. The predicted octanol–water partition coefficient (Wildman–Crippen LogP) is 0.720. The standard InChI is InChI=1S/C10H17NO3/c1-13-7-4-11(3-5-12)8-10-2-6-14-9-10/h2,6,9,12H,3-5,7-8H2,1H3. The molecule has 0 aliphatic rings. The summed E-state index contributed by atoms with van der Waals surface area (Å²) in [6, 6.07) is 1.93. The maximum Gasteiger partial charge on any atom is 0.0947 e. The maximum atomic E-state index is 8.86. The number of hydrogen-bond acceptors (Lipinski definition) is 4. The summed E-state index contributed by atoms with van der Waals surface area (Å²) in [6.07, 6.45) is 3.37. The molecule has 0 unspecified atom stereocenters. The summed E-state index contributed by atoms with van der Waals surface area (Å²) in [6.45, 7) is 3.12. The molecular weight excluding hydrogens is 182 g/mol. The van der Waals surface area contributed by atoms with Gasteiger partial charge in [0.05, 0.1) is 25.7 Å². The van der Waals surface area contributed by atoms with Crippen molar-refractivity contribution in [2.24, 2.45) is 0 Å². The molecule has 1 rings (SSSR count).